The van der Waals surface area contributed by atoms with Gasteiger partial charge < -0.3 is 14.0 Å². The fourth-order valence-electron chi connectivity index (χ4n) is 4.51. The molecule has 0 unspecified atom stereocenters. The van der Waals surface area contributed by atoms with E-state index in [0.717, 1.165) is 48.6 Å². The molecule has 0 spiro atoms. The van der Waals surface area contributed by atoms with E-state index in [4.69, 9.17) is 9.47 Å². The Morgan fingerprint density at radius 2 is 1.86 bits per heavy atom. The summed E-state index contributed by atoms with van der Waals surface area (Å²) in [5.41, 5.74) is 4.07. The van der Waals surface area contributed by atoms with Crippen LogP contribution in [0.25, 0.3) is 5.69 Å². The molecule has 0 bridgehead atoms. The second-order valence-corrected chi connectivity index (χ2v) is 8.85. The number of ether oxygens (including phenoxy) is 2. The topological polar surface area (TPSA) is 43.7 Å². The zero-order valence-electron chi connectivity index (χ0n) is 17.5. The van der Waals surface area contributed by atoms with E-state index in [2.05, 4.69) is 46.9 Å². The monoisotopic (exact) mass is 414 g/mol. The minimum atomic E-state index is -0.0381. The maximum atomic E-state index is 13.1. The standard InChI is InChI=1S/C23H30N2O3S/c1-16-13-21(17(2)25(16)19-5-4-6-20(14-19)29-3)22(26)15-24-9-7-18(8-10-24)23-27-11-12-28-23/h4-6,13-14,18,23H,7-12,15H2,1-3H3. The number of aromatic nitrogens is 1. The molecule has 2 saturated heterocycles. The second-order valence-electron chi connectivity index (χ2n) is 7.97. The molecule has 0 atom stereocenters. The van der Waals surface area contributed by atoms with Crippen LogP contribution in [0.3, 0.4) is 0 Å². The molecule has 1 aromatic heterocycles. The van der Waals surface area contributed by atoms with Gasteiger partial charge in [0.1, 0.15) is 0 Å². The number of thioether (sulfide) groups is 1. The predicted molar refractivity (Wildman–Crippen MR) is 116 cm³/mol. The molecule has 4 rings (SSSR count). The highest BCUT2D eigenvalue weighted by Crippen LogP contribution is 2.27. The van der Waals surface area contributed by atoms with Gasteiger partial charge in [-0.2, -0.15) is 0 Å². The Hall–Kier alpha value is -1.60. The summed E-state index contributed by atoms with van der Waals surface area (Å²) in [7, 11) is 0. The fraction of sp³-hybridized carbons (Fsp3) is 0.522. The number of piperidine rings is 1. The Kier molecular flexibility index (Phi) is 6.44. The summed E-state index contributed by atoms with van der Waals surface area (Å²) in [5.74, 6) is 0.662. The number of aryl methyl sites for hydroxylation is 1. The van der Waals surface area contributed by atoms with Gasteiger partial charge in [0.25, 0.3) is 0 Å². The van der Waals surface area contributed by atoms with E-state index in [0.29, 0.717) is 25.7 Å². The number of hydrogen-bond donors (Lipinski definition) is 0. The molecular formula is C23H30N2O3S. The number of likely N-dealkylation sites (tertiary alicyclic amines) is 1. The number of carbonyl (C=O) groups excluding carboxylic acids is 1. The first-order valence-corrected chi connectivity index (χ1v) is 11.6. The molecule has 156 valence electrons. The Balaban J connectivity index is 1.43. The van der Waals surface area contributed by atoms with Crippen molar-refractivity contribution in [3.63, 3.8) is 0 Å². The van der Waals surface area contributed by atoms with Gasteiger partial charge in [0.2, 0.25) is 0 Å². The largest absolute Gasteiger partial charge is 0.350 e. The van der Waals surface area contributed by atoms with Crippen molar-refractivity contribution in [2.24, 2.45) is 5.92 Å². The van der Waals surface area contributed by atoms with Gasteiger partial charge >= 0.3 is 0 Å². The van der Waals surface area contributed by atoms with Crippen molar-refractivity contribution in [3.8, 4) is 5.69 Å². The quantitative estimate of drug-likeness (QED) is 0.526. The Bertz CT molecular complexity index is 865. The first-order valence-electron chi connectivity index (χ1n) is 10.4. The Labute approximate surface area is 177 Å². The highest BCUT2D eigenvalue weighted by atomic mass is 32.2. The van der Waals surface area contributed by atoms with E-state index < -0.39 is 0 Å². The highest BCUT2D eigenvalue weighted by molar-refractivity contribution is 7.98. The van der Waals surface area contributed by atoms with Gasteiger partial charge in [-0.05, 0) is 70.3 Å². The molecule has 5 nitrogen and oxygen atoms in total. The molecule has 2 aliphatic rings. The summed E-state index contributed by atoms with van der Waals surface area (Å²) in [4.78, 5) is 16.6. The van der Waals surface area contributed by atoms with Crippen LogP contribution in [0.1, 0.15) is 34.6 Å². The molecule has 0 radical (unpaired) electrons. The lowest BCUT2D eigenvalue weighted by atomic mass is 9.96. The molecule has 2 fully saturated rings. The van der Waals surface area contributed by atoms with Crippen molar-refractivity contribution in [2.45, 2.75) is 37.9 Å². The van der Waals surface area contributed by atoms with Gasteiger partial charge in [0.05, 0.1) is 19.8 Å². The minimum absolute atomic E-state index is 0.0381. The van der Waals surface area contributed by atoms with Crippen molar-refractivity contribution in [3.05, 3.63) is 47.3 Å². The normalized spacial score (nSPS) is 19.1. The van der Waals surface area contributed by atoms with Crippen molar-refractivity contribution < 1.29 is 14.3 Å². The fourth-order valence-corrected chi connectivity index (χ4v) is 4.97. The molecule has 0 aliphatic carbocycles. The zero-order chi connectivity index (χ0) is 20.4. The summed E-state index contributed by atoms with van der Waals surface area (Å²) in [6.45, 7) is 7.86. The van der Waals surface area contributed by atoms with E-state index in [-0.39, 0.29) is 12.1 Å². The Morgan fingerprint density at radius 3 is 2.55 bits per heavy atom. The number of rotatable bonds is 6. The SMILES string of the molecule is CSc1cccc(-n2c(C)cc(C(=O)CN3CCC(C4OCCO4)CC3)c2C)c1. The number of nitrogens with zero attached hydrogens (tertiary/aromatic N) is 2. The average Bonchev–Trinajstić information content (AvgIpc) is 3.37. The van der Waals surface area contributed by atoms with Crippen LogP contribution in [0.5, 0.6) is 0 Å². The van der Waals surface area contributed by atoms with Crippen LogP contribution in [0.4, 0.5) is 0 Å². The zero-order valence-corrected chi connectivity index (χ0v) is 18.3. The number of Topliss-reactive ketones (excluding diaryl/α,β-unsaturated/α-hetero) is 1. The van der Waals surface area contributed by atoms with Gasteiger partial charge in [0, 0.05) is 33.5 Å². The molecule has 0 saturated carbocycles. The van der Waals surface area contributed by atoms with Gasteiger partial charge in [0.15, 0.2) is 12.1 Å². The second kappa shape index (κ2) is 9.04. The van der Waals surface area contributed by atoms with Crippen LogP contribution in [0.2, 0.25) is 0 Å². The van der Waals surface area contributed by atoms with E-state index >= 15 is 0 Å². The van der Waals surface area contributed by atoms with Crippen LogP contribution in [-0.2, 0) is 9.47 Å². The smallest absolute Gasteiger partial charge is 0.178 e. The van der Waals surface area contributed by atoms with Crippen LogP contribution < -0.4 is 0 Å². The number of benzene rings is 1. The molecule has 3 heterocycles. The summed E-state index contributed by atoms with van der Waals surface area (Å²) >= 11 is 1.73. The molecule has 0 amide bonds. The molecule has 6 heteroatoms. The third kappa shape index (κ3) is 4.45. The molecule has 1 aromatic carbocycles. The summed E-state index contributed by atoms with van der Waals surface area (Å²) in [5, 5.41) is 0. The maximum absolute atomic E-state index is 13.1. The van der Waals surface area contributed by atoms with Crippen LogP contribution in [-0.4, -0.2) is 60.6 Å². The number of hydrogen-bond acceptors (Lipinski definition) is 5. The third-order valence-electron chi connectivity index (χ3n) is 6.07. The van der Waals surface area contributed by atoms with Gasteiger partial charge in [-0.1, -0.05) is 6.07 Å². The third-order valence-corrected chi connectivity index (χ3v) is 6.80. The maximum Gasteiger partial charge on any atom is 0.178 e. The number of ketones is 1. The summed E-state index contributed by atoms with van der Waals surface area (Å²) in [6, 6.07) is 10.5. The van der Waals surface area contributed by atoms with Crippen LogP contribution in [0, 0.1) is 19.8 Å². The summed E-state index contributed by atoms with van der Waals surface area (Å²) in [6.07, 6.45) is 4.10. The van der Waals surface area contributed by atoms with Crippen LogP contribution >= 0.6 is 11.8 Å². The van der Waals surface area contributed by atoms with E-state index in [1.54, 1.807) is 11.8 Å². The van der Waals surface area contributed by atoms with Crippen molar-refractivity contribution in [1.82, 2.24) is 9.47 Å². The molecular weight excluding hydrogens is 384 g/mol. The van der Waals surface area contributed by atoms with Gasteiger partial charge in [-0.15, -0.1) is 11.8 Å². The van der Waals surface area contributed by atoms with Gasteiger partial charge in [-0.3, -0.25) is 9.69 Å². The summed E-state index contributed by atoms with van der Waals surface area (Å²) < 4.78 is 13.5. The minimum Gasteiger partial charge on any atom is -0.350 e. The average molecular weight is 415 g/mol. The van der Waals surface area contributed by atoms with E-state index in [9.17, 15) is 4.79 Å². The van der Waals surface area contributed by atoms with Gasteiger partial charge in [-0.25, -0.2) is 0 Å². The van der Waals surface area contributed by atoms with E-state index in [1.807, 2.05) is 13.0 Å². The van der Waals surface area contributed by atoms with Crippen molar-refractivity contribution >= 4 is 17.5 Å². The molecule has 2 aliphatic heterocycles. The molecule has 0 N–H and O–H groups in total. The number of carbonyl (C=O) groups is 1. The van der Waals surface area contributed by atoms with Crippen molar-refractivity contribution in [2.75, 3.05) is 39.1 Å². The molecule has 2 aromatic rings. The first kappa shape index (κ1) is 20.7. The van der Waals surface area contributed by atoms with Crippen molar-refractivity contribution in [1.29, 1.82) is 0 Å². The van der Waals surface area contributed by atoms with E-state index in [1.165, 1.54) is 4.90 Å². The lowest BCUT2D eigenvalue weighted by Crippen LogP contribution is -2.40. The molecule has 29 heavy (non-hydrogen) atoms. The first-order chi connectivity index (χ1) is 14.1. The Morgan fingerprint density at radius 1 is 1.14 bits per heavy atom. The lowest BCUT2D eigenvalue weighted by Gasteiger charge is -2.33. The lowest BCUT2D eigenvalue weighted by molar-refractivity contribution is -0.0968. The predicted octanol–water partition coefficient (Wildman–Crippen LogP) is 4.08. The highest BCUT2D eigenvalue weighted by Gasteiger charge is 2.31. The van der Waals surface area contributed by atoms with Crippen LogP contribution in [0.15, 0.2) is 35.2 Å².